The van der Waals surface area contributed by atoms with Gasteiger partial charge >= 0.3 is 12.6 Å². The van der Waals surface area contributed by atoms with E-state index in [2.05, 4.69) is 14.7 Å². The molecule has 8 nitrogen and oxygen atoms in total. The van der Waals surface area contributed by atoms with E-state index in [-0.39, 0.29) is 23.6 Å². The van der Waals surface area contributed by atoms with Gasteiger partial charge in [0.15, 0.2) is 0 Å². The van der Waals surface area contributed by atoms with Gasteiger partial charge in [0.25, 0.3) is 0 Å². The molecule has 4 aromatic rings. The van der Waals surface area contributed by atoms with Crippen molar-refractivity contribution in [1.29, 1.82) is 0 Å². The van der Waals surface area contributed by atoms with E-state index in [1.807, 2.05) is 48.5 Å². The SMILES string of the molecule is CCOC(=O)c1[nH]c2c(C(C(=NC)OC(F)F)=C(N)CO)cccc2c1CCCOc1cccc2ccccc12. The minimum atomic E-state index is -3.16. The zero-order chi connectivity index (χ0) is 28.6. The van der Waals surface area contributed by atoms with Gasteiger partial charge in [-0.25, -0.2) is 4.79 Å². The van der Waals surface area contributed by atoms with Crippen molar-refractivity contribution in [2.24, 2.45) is 10.7 Å². The minimum absolute atomic E-state index is 0.00148. The number of esters is 1. The van der Waals surface area contributed by atoms with Gasteiger partial charge in [0.05, 0.1) is 30.9 Å². The molecule has 0 aliphatic heterocycles. The van der Waals surface area contributed by atoms with Gasteiger partial charge in [-0.3, -0.25) is 4.99 Å². The van der Waals surface area contributed by atoms with Gasteiger partial charge in [-0.2, -0.15) is 8.78 Å². The molecule has 0 spiro atoms. The number of ether oxygens (including phenoxy) is 3. The van der Waals surface area contributed by atoms with Crippen LogP contribution in [0, 0.1) is 0 Å². The quantitative estimate of drug-likeness (QED) is 0.0989. The van der Waals surface area contributed by atoms with Crippen LogP contribution in [0.1, 0.15) is 35.0 Å². The topological polar surface area (TPSA) is 119 Å². The summed E-state index contributed by atoms with van der Waals surface area (Å²) in [5.74, 6) is -0.223. The maximum absolute atomic E-state index is 13.2. The number of hydrogen-bond donors (Lipinski definition) is 3. The number of aromatic nitrogens is 1. The summed E-state index contributed by atoms with van der Waals surface area (Å²) in [4.78, 5) is 19.9. The van der Waals surface area contributed by atoms with Crippen LogP contribution in [0.3, 0.4) is 0 Å². The lowest BCUT2D eigenvalue weighted by molar-refractivity contribution is -0.0588. The molecule has 0 bridgehead atoms. The number of alkyl halides is 2. The summed E-state index contributed by atoms with van der Waals surface area (Å²) in [5.41, 5.74) is 7.63. The fourth-order valence-corrected chi connectivity index (χ4v) is 4.68. The minimum Gasteiger partial charge on any atom is -0.493 e. The lowest BCUT2D eigenvalue weighted by atomic mass is 9.98. The number of benzene rings is 3. The summed E-state index contributed by atoms with van der Waals surface area (Å²) in [6.45, 7) is -1.52. The van der Waals surface area contributed by atoms with Crippen LogP contribution in [0.4, 0.5) is 8.78 Å². The van der Waals surface area contributed by atoms with Crippen LogP contribution in [0.15, 0.2) is 71.4 Å². The Balaban J connectivity index is 1.70. The molecule has 1 heterocycles. The molecular formula is C30H31F2N3O5. The van der Waals surface area contributed by atoms with Crippen LogP contribution in [-0.4, -0.2) is 55.4 Å². The molecule has 1 aromatic heterocycles. The van der Waals surface area contributed by atoms with E-state index >= 15 is 0 Å². The third kappa shape index (κ3) is 6.07. The Morgan fingerprint density at radius 3 is 2.52 bits per heavy atom. The van der Waals surface area contributed by atoms with Crippen LogP contribution in [-0.2, 0) is 15.9 Å². The van der Waals surface area contributed by atoms with Crippen molar-refractivity contribution in [3.05, 3.63) is 83.2 Å². The number of halogens is 2. The monoisotopic (exact) mass is 551 g/mol. The van der Waals surface area contributed by atoms with Gasteiger partial charge in [-0.1, -0.05) is 54.6 Å². The molecule has 0 saturated heterocycles. The maximum atomic E-state index is 13.2. The fraction of sp³-hybridized carbons (Fsp3) is 0.267. The van der Waals surface area contributed by atoms with Gasteiger partial charge in [0.1, 0.15) is 11.4 Å². The fourth-order valence-electron chi connectivity index (χ4n) is 4.68. The number of rotatable bonds is 11. The predicted octanol–water partition coefficient (Wildman–Crippen LogP) is 5.44. The van der Waals surface area contributed by atoms with Gasteiger partial charge in [-0.05, 0) is 36.8 Å². The van der Waals surface area contributed by atoms with Crippen molar-refractivity contribution in [1.82, 2.24) is 4.98 Å². The number of aliphatic hydroxyl groups is 1. The summed E-state index contributed by atoms with van der Waals surface area (Å²) < 4.78 is 42.3. The van der Waals surface area contributed by atoms with Crippen LogP contribution in [0.2, 0.25) is 0 Å². The summed E-state index contributed by atoms with van der Waals surface area (Å²) in [7, 11) is 1.28. The normalized spacial score (nSPS) is 12.6. The lowest BCUT2D eigenvalue weighted by Gasteiger charge is -2.15. The first-order valence-corrected chi connectivity index (χ1v) is 12.8. The van der Waals surface area contributed by atoms with Gasteiger partial charge in [0, 0.05) is 29.1 Å². The van der Waals surface area contributed by atoms with E-state index in [1.165, 1.54) is 7.05 Å². The first kappa shape index (κ1) is 28.6. The van der Waals surface area contributed by atoms with Crippen molar-refractivity contribution < 1.29 is 32.9 Å². The molecule has 0 radical (unpaired) electrons. The number of aryl methyl sites for hydroxylation is 1. The van der Waals surface area contributed by atoms with Gasteiger partial charge in [-0.15, -0.1) is 0 Å². The number of carbonyl (C=O) groups excluding carboxylic acids is 1. The summed E-state index contributed by atoms with van der Waals surface area (Å²) in [6, 6.07) is 19.0. The number of para-hydroxylation sites is 1. The third-order valence-corrected chi connectivity index (χ3v) is 6.38. The molecular weight excluding hydrogens is 520 g/mol. The standard InChI is InChI=1S/C30H31F2N3O5/c1-3-38-29(37)27-21(14-8-16-39-24-15-6-10-18-9-4-5-11-19(18)24)20-12-7-13-22(26(20)35-27)25(23(33)17-36)28(34-2)40-30(31)32/h4-7,9-13,15,30,35-36H,3,8,14,16-17,33H2,1-2H3. The molecule has 0 fully saturated rings. The van der Waals surface area contributed by atoms with E-state index in [0.29, 0.717) is 41.5 Å². The number of aromatic amines is 1. The number of aliphatic imine (C=N–C) groups is 1. The average Bonchev–Trinajstić information content (AvgIpc) is 3.34. The third-order valence-electron chi connectivity index (χ3n) is 6.38. The van der Waals surface area contributed by atoms with Crippen molar-refractivity contribution in [3.8, 4) is 5.75 Å². The Labute approximate surface area is 230 Å². The Kier molecular flexibility index (Phi) is 9.34. The Morgan fingerprint density at radius 1 is 1.07 bits per heavy atom. The van der Waals surface area contributed by atoms with Crippen molar-refractivity contribution >= 4 is 39.1 Å². The lowest BCUT2D eigenvalue weighted by Crippen LogP contribution is -2.18. The van der Waals surface area contributed by atoms with Crippen molar-refractivity contribution in [3.63, 3.8) is 0 Å². The zero-order valence-corrected chi connectivity index (χ0v) is 22.2. The molecule has 10 heteroatoms. The van der Waals surface area contributed by atoms with Crippen molar-refractivity contribution in [2.75, 3.05) is 26.9 Å². The van der Waals surface area contributed by atoms with E-state index in [0.717, 1.165) is 16.5 Å². The molecule has 3 aromatic carbocycles. The summed E-state index contributed by atoms with van der Waals surface area (Å²) >= 11 is 0. The maximum Gasteiger partial charge on any atom is 0.388 e. The Morgan fingerprint density at radius 2 is 1.80 bits per heavy atom. The number of nitrogens with one attached hydrogen (secondary N) is 1. The first-order valence-electron chi connectivity index (χ1n) is 12.8. The summed E-state index contributed by atoms with van der Waals surface area (Å²) in [5, 5.41) is 12.5. The number of H-pyrrole nitrogens is 1. The largest absolute Gasteiger partial charge is 0.493 e. The van der Waals surface area contributed by atoms with E-state index in [9.17, 15) is 18.7 Å². The van der Waals surface area contributed by atoms with E-state index < -0.39 is 25.1 Å². The molecule has 0 amide bonds. The van der Waals surface area contributed by atoms with Crippen LogP contribution >= 0.6 is 0 Å². The van der Waals surface area contributed by atoms with Crippen LogP contribution < -0.4 is 10.5 Å². The van der Waals surface area contributed by atoms with E-state index in [1.54, 1.807) is 19.1 Å². The second-order valence-corrected chi connectivity index (χ2v) is 8.82. The number of nitrogens with two attached hydrogens (primary N) is 1. The van der Waals surface area contributed by atoms with Gasteiger partial charge in [0.2, 0.25) is 5.90 Å². The highest BCUT2D eigenvalue weighted by Crippen LogP contribution is 2.33. The Bertz CT molecular complexity index is 1560. The number of aliphatic hydroxyl groups excluding tert-OH is 1. The molecule has 0 saturated carbocycles. The highest BCUT2D eigenvalue weighted by molar-refractivity contribution is 6.23. The van der Waals surface area contributed by atoms with E-state index in [4.69, 9.17) is 15.2 Å². The molecule has 210 valence electrons. The molecule has 0 aliphatic rings. The van der Waals surface area contributed by atoms with Crippen LogP contribution in [0.5, 0.6) is 5.75 Å². The molecule has 0 atom stereocenters. The zero-order valence-electron chi connectivity index (χ0n) is 22.2. The highest BCUT2D eigenvalue weighted by atomic mass is 19.3. The second-order valence-electron chi connectivity index (χ2n) is 8.82. The Hall–Kier alpha value is -4.44. The first-order chi connectivity index (χ1) is 19.4. The smallest absolute Gasteiger partial charge is 0.388 e. The molecule has 4 rings (SSSR count). The van der Waals surface area contributed by atoms with Crippen LogP contribution in [0.25, 0.3) is 27.2 Å². The highest BCUT2D eigenvalue weighted by Gasteiger charge is 2.25. The predicted molar refractivity (Wildman–Crippen MR) is 151 cm³/mol. The number of carbonyl (C=O) groups is 1. The average molecular weight is 552 g/mol. The number of fused-ring (bicyclic) bond motifs is 2. The van der Waals surface area contributed by atoms with Gasteiger partial charge < -0.3 is 30.0 Å². The molecule has 40 heavy (non-hydrogen) atoms. The molecule has 0 unspecified atom stereocenters. The number of nitrogens with zero attached hydrogens (tertiary/aromatic N) is 1. The number of hydrogen-bond acceptors (Lipinski definition) is 7. The molecule has 0 aliphatic carbocycles. The second kappa shape index (κ2) is 13.1. The summed E-state index contributed by atoms with van der Waals surface area (Å²) in [6.07, 6.45) is 1.03. The van der Waals surface area contributed by atoms with Crippen molar-refractivity contribution in [2.45, 2.75) is 26.4 Å². The molecule has 4 N–H and O–H groups in total.